The zero-order chi connectivity index (χ0) is 18.8. The van der Waals surface area contributed by atoms with Crippen LogP contribution in [0.25, 0.3) is 0 Å². The van der Waals surface area contributed by atoms with Crippen LogP contribution in [0.1, 0.15) is 38.7 Å². The molecule has 2 atom stereocenters. The summed E-state index contributed by atoms with van der Waals surface area (Å²) >= 11 is 0. The number of halogens is 3. The summed E-state index contributed by atoms with van der Waals surface area (Å²) in [5, 5.41) is 11.9. The van der Waals surface area contributed by atoms with Crippen molar-refractivity contribution < 1.29 is 32.6 Å². The molecule has 2 rings (SSSR count). The highest BCUT2D eigenvalue weighted by molar-refractivity contribution is 5.81. The Kier molecular flexibility index (Phi) is 5.29. The normalized spacial score (nSPS) is 21.0. The molecule has 1 aromatic rings. The maximum atomic E-state index is 12.4. The van der Waals surface area contributed by atoms with Crippen molar-refractivity contribution in [3.63, 3.8) is 0 Å². The third-order valence-electron chi connectivity index (χ3n) is 4.40. The molecule has 1 aliphatic rings. The minimum absolute atomic E-state index is 0.246. The predicted molar refractivity (Wildman–Crippen MR) is 82.8 cm³/mol. The predicted octanol–water partition coefficient (Wildman–Crippen LogP) is 3.44. The van der Waals surface area contributed by atoms with Gasteiger partial charge in [-0.1, -0.05) is 12.1 Å². The van der Waals surface area contributed by atoms with E-state index in [0.29, 0.717) is 24.8 Å². The number of amides is 1. The van der Waals surface area contributed by atoms with Crippen molar-refractivity contribution in [2.75, 3.05) is 0 Å². The third-order valence-corrected chi connectivity index (χ3v) is 4.40. The van der Waals surface area contributed by atoms with Gasteiger partial charge in [0, 0.05) is 5.92 Å². The van der Waals surface area contributed by atoms with Crippen LogP contribution in [0.2, 0.25) is 0 Å². The number of carboxylic acids is 1. The van der Waals surface area contributed by atoms with E-state index >= 15 is 0 Å². The maximum absolute atomic E-state index is 12.4. The van der Waals surface area contributed by atoms with Gasteiger partial charge in [-0.25, -0.2) is 0 Å². The van der Waals surface area contributed by atoms with Crippen LogP contribution in [0.15, 0.2) is 24.3 Å². The summed E-state index contributed by atoms with van der Waals surface area (Å²) in [7, 11) is 0. The van der Waals surface area contributed by atoms with Crippen molar-refractivity contribution in [3.05, 3.63) is 29.8 Å². The van der Waals surface area contributed by atoms with Gasteiger partial charge in [0.15, 0.2) is 0 Å². The molecule has 5 nitrogen and oxygen atoms in total. The zero-order valence-corrected chi connectivity index (χ0v) is 13.9. The van der Waals surface area contributed by atoms with Crippen molar-refractivity contribution >= 4 is 11.9 Å². The Morgan fingerprint density at radius 3 is 2.16 bits per heavy atom. The Hall–Kier alpha value is -2.25. The maximum Gasteiger partial charge on any atom is 0.573 e. The van der Waals surface area contributed by atoms with Gasteiger partial charge in [-0.2, -0.15) is 0 Å². The first-order chi connectivity index (χ1) is 11.5. The fourth-order valence-corrected chi connectivity index (χ4v) is 3.00. The van der Waals surface area contributed by atoms with Crippen molar-refractivity contribution in [1.82, 2.24) is 5.32 Å². The number of carboxylic acid groups (broad SMARTS) is 1. The number of benzene rings is 1. The molecule has 1 fully saturated rings. The molecule has 0 unspecified atom stereocenters. The van der Waals surface area contributed by atoms with Crippen LogP contribution in [-0.4, -0.2) is 23.3 Å². The Morgan fingerprint density at radius 2 is 1.68 bits per heavy atom. The second-order valence-corrected chi connectivity index (χ2v) is 6.73. The first-order valence-corrected chi connectivity index (χ1v) is 7.89. The van der Waals surface area contributed by atoms with E-state index in [9.17, 15) is 22.8 Å². The SMILES string of the molecule is CC(C)(NC(=O)[C@@H]1CC[C@H](C(=O)O)C1)c1ccc(OC(F)(F)F)cc1. The van der Waals surface area contributed by atoms with E-state index < -0.39 is 23.8 Å². The lowest BCUT2D eigenvalue weighted by atomic mass is 9.92. The molecule has 1 saturated carbocycles. The molecule has 0 radical (unpaired) electrons. The van der Waals surface area contributed by atoms with Gasteiger partial charge in [-0.05, 0) is 50.8 Å². The number of rotatable bonds is 5. The topological polar surface area (TPSA) is 75.6 Å². The van der Waals surface area contributed by atoms with E-state index in [1.807, 2.05) is 0 Å². The molecular weight excluding hydrogens is 339 g/mol. The second kappa shape index (κ2) is 6.93. The average molecular weight is 359 g/mol. The molecule has 0 aliphatic heterocycles. The minimum Gasteiger partial charge on any atom is -0.481 e. The van der Waals surface area contributed by atoms with Crippen LogP contribution >= 0.6 is 0 Å². The molecule has 0 aromatic heterocycles. The highest BCUT2D eigenvalue weighted by Gasteiger charge is 2.36. The summed E-state index contributed by atoms with van der Waals surface area (Å²) in [6.07, 6.45) is -3.47. The van der Waals surface area contributed by atoms with Gasteiger partial charge >= 0.3 is 12.3 Å². The van der Waals surface area contributed by atoms with Gasteiger partial charge in [0.2, 0.25) is 5.91 Å². The lowest BCUT2D eigenvalue weighted by molar-refractivity contribution is -0.274. The van der Waals surface area contributed by atoms with E-state index in [2.05, 4.69) is 10.1 Å². The highest BCUT2D eigenvalue weighted by atomic mass is 19.4. The third kappa shape index (κ3) is 5.11. The van der Waals surface area contributed by atoms with Crippen molar-refractivity contribution in [3.8, 4) is 5.75 Å². The number of nitrogens with one attached hydrogen (secondary N) is 1. The molecule has 1 aromatic carbocycles. The van der Waals surface area contributed by atoms with Crippen molar-refractivity contribution in [2.45, 2.75) is 45.0 Å². The standard InChI is InChI=1S/C17H20F3NO4/c1-16(2,12-5-7-13(8-6-12)25-17(18,19)20)21-14(22)10-3-4-11(9-10)15(23)24/h5-8,10-11H,3-4,9H2,1-2H3,(H,21,22)(H,23,24)/t10-,11+/m1/s1. The van der Waals surface area contributed by atoms with E-state index in [1.165, 1.54) is 24.3 Å². The van der Waals surface area contributed by atoms with Gasteiger partial charge < -0.3 is 15.2 Å². The lowest BCUT2D eigenvalue weighted by Crippen LogP contribution is -2.43. The molecule has 0 saturated heterocycles. The average Bonchev–Trinajstić information content (AvgIpc) is 2.95. The Labute approximate surface area is 143 Å². The van der Waals surface area contributed by atoms with E-state index in [0.717, 1.165) is 0 Å². The smallest absolute Gasteiger partial charge is 0.481 e. The van der Waals surface area contributed by atoms with Crippen molar-refractivity contribution in [2.24, 2.45) is 11.8 Å². The van der Waals surface area contributed by atoms with Gasteiger partial charge in [-0.15, -0.1) is 13.2 Å². The second-order valence-electron chi connectivity index (χ2n) is 6.73. The van der Waals surface area contributed by atoms with Gasteiger partial charge in [-0.3, -0.25) is 9.59 Å². The molecule has 0 bridgehead atoms. The molecule has 2 N–H and O–H groups in total. The molecule has 0 spiro atoms. The number of carbonyl (C=O) groups is 2. The van der Waals surface area contributed by atoms with E-state index in [4.69, 9.17) is 5.11 Å². The first kappa shape index (κ1) is 19.1. The van der Waals surface area contributed by atoms with Gasteiger partial charge in [0.25, 0.3) is 0 Å². The molecule has 25 heavy (non-hydrogen) atoms. The summed E-state index contributed by atoms with van der Waals surface area (Å²) < 4.78 is 40.4. The highest BCUT2D eigenvalue weighted by Crippen LogP contribution is 2.33. The summed E-state index contributed by atoms with van der Waals surface area (Å²) in [5.41, 5.74) is -0.196. The largest absolute Gasteiger partial charge is 0.573 e. The Bertz CT molecular complexity index is 640. The Balaban J connectivity index is 2.01. The molecule has 138 valence electrons. The summed E-state index contributed by atoms with van der Waals surface area (Å²) in [5.74, 6) is -2.34. The lowest BCUT2D eigenvalue weighted by Gasteiger charge is -2.28. The number of aliphatic carboxylic acids is 1. The van der Waals surface area contributed by atoms with E-state index in [-0.39, 0.29) is 17.6 Å². The zero-order valence-electron chi connectivity index (χ0n) is 13.9. The monoisotopic (exact) mass is 359 g/mol. The number of ether oxygens (including phenoxy) is 1. The number of alkyl halides is 3. The fraction of sp³-hybridized carbons (Fsp3) is 0.529. The van der Waals surface area contributed by atoms with Crippen LogP contribution < -0.4 is 10.1 Å². The number of hydrogen-bond donors (Lipinski definition) is 2. The van der Waals surface area contributed by atoms with Crippen molar-refractivity contribution in [1.29, 1.82) is 0 Å². The molecule has 1 amide bonds. The van der Waals surface area contributed by atoms with Crippen LogP contribution in [-0.2, 0) is 15.1 Å². The summed E-state index contributed by atoms with van der Waals surface area (Å²) in [6.45, 7) is 3.46. The molecule has 0 heterocycles. The van der Waals surface area contributed by atoms with Crippen LogP contribution in [0, 0.1) is 11.8 Å². The molecular formula is C17H20F3NO4. The summed E-state index contributed by atoms with van der Waals surface area (Å²) in [4.78, 5) is 23.4. The first-order valence-electron chi connectivity index (χ1n) is 7.89. The van der Waals surface area contributed by atoms with E-state index in [1.54, 1.807) is 13.8 Å². The number of hydrogen-bond acceptors (Lipinski definition) is 3. The molecule has 1 aliphatic carbocycles. The molecule has 8 heteroatoms. The van der Waals surface area contributed by atoms with Gasteiger partial charge in [0.1, 0.15) is 5.75 Å². The van der Waals surface area contributed by atoms with Gasteiger partial charge in [0.05, 0.1) is 11.5 Å². The van der Waals surface area contributed by atoms with Crippen LogP contribution in [0.3, 0.4) is 0 Å². The Morgan fingerprint density at radius 1 is 1.12 bits per heavy atom. The summed E-state index contributed by atoms with van der Waals surface area (Å²) in [6, 6.07) is 5.28. The number of carbonyl (C=O) groups excluding carboxylic acids is 1. The van der Waals surface area contributed by atoms with Crippen LogP contribution in [0.4, 0.5) is 13.2 Å². The van der Waals surface area contributed by atoms with Crippen LogP contribution in [0.5, 0.6) is 5.75 Å². The fourth-order valence-electron chi connectivity index (χ4n) is 3.00. The quantitative estimate of drug-likeness (QED) is 0.844. The minimum atomic E-state index is -4.76.